The van der Waals surface area contributed by atoms with Crippen molar-refractivity contribution in [2.24, 2.45) is 0 Å². The van der Waals surface area contributed by atoms with Crippen molar-refractivity contribution in [3.63, 3.8) is 0 Å². The van der Waals surface area contributed by atoms with Crippen molar-refractivity contribution in [2.75, 3.05) is 6.54 Å². The van der Waals surface area contributed by atoms with Crippen LogP contribution in [0, 0.1) is 6.92 Å². The molecule has 0 aliphatic rings. The molecule has 5 heteroatoms. The number of oxazole rings is 1. The SMILES string of the molecule is CCNC(C)c1ncc(-c2csc(C)n2)o1. The number of nitrogens with zero attached hydrogens (tertiary/aromatic N) is 2. The first-order chi connectivity index (χ1) is 7.70. The van der Waals surface area contributed by atoms with Crippen LogP contribution in [0.5, 0.6) is 0 Å². The standard InChI is InChI=1S/C11H15N3OS/c1-4-12-7(2)11-13-5-10(15-11)9-6-16-8(3)14-9/h5-7,12H,4H2,1-3H3. The summed E-state index contributed by atoms with van der Waals surface area (Å²) in [5.74, 6) is 1.45. The van der Waals surface area contributed by atoms with Crippen LogP contribution in [0.2, 0.25) is 0 Å². The maximum Gasteiger partial charge on any atom is 0.211 e. The lowest BCUT2D eigenvalue weighted by Crippen LogP contribution is -2.17. The van der Waals surface area contributed by atoms with Crippen LogP contribution in [0.25, 0.3) is 11.5 Å². The molecule has 4 nitrogen and oxygen atoms in total. The Hall–Kier alpha value is -1.20. The molecule has 0 amide bonds. The number of nitrogens with one attached hydrogen (secondary N) is 1. The lowest BCUT2D eigenvalue weighted by molar-refractivity contribution is 0.428. The van der Waals surface area contributed by atoms with E-state index in [1.807, 2.05) is 19.2 Å². The van der Waals surface area contributed by atoms with Gasteiger partial charge in [-0.1, -0.05) is 6.92 Å². The van der Waals surface area contributed by atoms with Crippen molar-refractivity contribution in [1.82, 2.24) is 15.3 Å². The van der Waals surface area contributed by atoms with Gasteiger partial charge >= 0.3 is 0 Å². The Bertz CT molecular complexity index is 463. The highest BCUT2D eigenvalue weighted by atomic mass is 32.1. The van der Waals surface area contributed by atoms with E-state index in [0.717, 1.165) is 23.0 Å². The van der Waals surface area contributed by atoms with Crippen molar-refractivity contribution in [1.29, 1.82) is 0 Å². The largest absolute Gasteiger partial charge is 0.437 e. The molecule has 0 aliphatic carbocycles. The molecule has 0 radical (unpaired) electrons. The van der Waals surface area contributed by atoms with Crippen molar-refractivity contribution in [3.05, 3.63) is 22.5 Å². The lowest BCUT2D eigenvalue weighted by atomic mass is 10.3. The molecule has 0 aliphatic heterocycles. The normalized spacial score (nSPS) is 12.9. The summed E-state index contributed by atoms with van der Waals surface area (Å²) in [6.07, 6.45) is 1.73. The summed E-state index contributed by atoms with van der Waals surface area (Å²) in [5.41, 5.74) is 0.866. The molecule has 2 aromatic rings. The number of thiazole rings is 1. The molecular formula is C11H15N3OS. The Balaban J connectivity index is 2.19. The van der Waals surface area contributed by atoms with Gasteiger partial charge in [-0.3, -0.25) is 0 Å². The van der Waals surface area contributed by atoms with E-state index in [0.29, 0.717) is 5.89 Å². The first-order valence-electron chi connectivity index (χ1n) is 5.32. The Morgan fingerprint density at radius 3 is 3.00 bits per heavy atom. The molecular weight excluding hydrogens is 222 g/mol. The second-order valence-electron chi connectivity index (χ2n) is 3.59. The molecule has 0 fully saturated rings. The minimum atomic E-state index is 0.137. The summed E-state index contributed by atoms with van der Waals surface area (Å²) < 4.78 is 5.67. The molecule has 1 unspecified atom stereocenters. The molecule has 0 bridgehead atoms. The number of rotatable bonds is 4. The van der Waals surface area contributed by atoms with Gasteiger partial charge in [0.2, 0.25) is 5.89 Å². The van der Waals surface area contributed by atoms with Gasteiger partial charge in [-0.05, 0) is 20.4 Å². The van der Waals surface area contributed by atoms with Crippen LogP contribution in [0.4, 0.5) is 0 Å². The van der Waals surface area contributed by atoms with Gasteiger partial charge in [-0.15, -0.1) is 11.3 Å². The molecule has 0 spiro atoms. The van der Waals surface area contributed by atoms with Crippen molar-refractivity contribution in [3.8, 4) is 11.5 Å². The minimum absolute atomic E-state index is 0.137. The molecule has 1 N–H and O–H groups in total. The molecule has 16 heavy (non-hydrogen) atoms. The maximum atomic E-state index is 5.67. The van der Waals surface area contributed by atoms with E-state index >= 15 is 0 Å². The third-order valence-corrected chi connectivity index (χ3v) is 3.05. The van der Waals surface area contributed by atoms with E-state index in [1.165, 1.54) is 0 Å². The zero-order valence-electron chi connectivity index (χ0n) is 9.65. The van der Waals surface area contributed by atoms with Crippen LogP contribution in [0.1, 0.15) is 30.8 Å². The van der Waals surface area contributed by atoms with E-state index in [-0.39, 0.29) is 6.04 Å². The van der Waals surface area contributed by atoms with E-state index in [4.69, 9.17) is 4.42 Å². The highest BCUT2D eigenvalue weighted by Gasteiger charge is 2.13. The van der Waals surface area contributed by atoms with Crippen LogP contribution in [0.15, 0.2) is 16.0 Å². The summed E-state index contributed by atoms with van der Waals surface area (Å²) in [6, 6.07) is 0.137. The van der Waals surface area contributed by atoms with Crippen LogP contribution in [0.3, 0.4) is 0 Å². The van der Waals surface area contributed by atoms with Crippen molar-refractivity contribution >= 4 is 11.3 Å². The average molecular weight is 237 g/mol. The highest BCUT2D eigenvalue weighted by Crippen LogP contribution is 2.24. The minimum Gasteiger partial charge on any atom is -0.437 e. The fourth-order valence-electron chi connectivity index (χ4n) is 1.48. The Labute approximate surface area is 98.7 Å². The second-order valence-corrected chi connectivity index (χ2v) is 4.66. The average Bonchev–Trinajstić information content (AvgIpc) is 2.85. The molecule has 86 valence electrons. The van der Waals surface area contributed by atoms with Crippen LogP contribution in [-0.4, -0.2) is 16.5 Å². The van der Waals surface area contributed by atoms with Crippen LogP contribution < -0.4 is 5.32 Å². The number of hydrogen-bond donors (Lipinski definition) is 1. The van der Waals surface area contributed by atoms with E-state index in [2.05, 4.69) is 22.2 Å². The maximum absolute atomic E-state index is 5.67. The summed E-state index contributed by atoms with van der Waals surface area (Å²) in [7, 11) is 0. The number of aryl methyl sites for hydroxylation is 1. The topological polar surface area (TPSA) is 51.0 Å². The van der Waals surface area contributed by atoms with Gasteiger partial charge in [0.1, 0.15) is 5.69 Å². The van der Waals surface area contributed by atoms with Crippen LogP contribution >= 0.6 is 11.3 Å². The van der Waals surface area contributed by atoms with Gasteiger partial charge < -0.3 is 9.73 Å². The van der Waals surface area contributed by atoms with Gasteiger partial charge in [0.15, 0.2) is 5.76 Å². The summed E-state index contributed by atoms with van der Waals surface area (Å²) in [5, 5.41) is 6.28. The molecule has 0 saturated heterocycles. The lowest BCUT2D eigenvalue weighted by Gasteiger charge is -2.06. The van der Waals surface area contributed by atoms with Gasteiger partial charge in [0.05, 0.1) is 17.2 Å². The Morgan fingerprint density at radius 2 is 2.38 bits per heavy atom. The van der Waals surface area contributed by atoms with Gasteiger partial charge in [-0.2, -0.15) is 0 Å². The first-order valence-corrected chi connectivity index (χ1v) is 6.20. The summed E-state index contributed by atoms with van der Waals surface area (Å²) >= 11 is 1.61. The van der Waals surface area contributed by atoms with E-state index in [9.17, 15) is 0 Å². The highest BCUT2D eigenvalue weighted by molar-refractivity contribution is 7.09. The quantitative estimate of drug-likeness (QED) is 0.888. The predicted molar refractivity (Wildman–Crippen MR) is 64.4 cm³/mol. The zero-order valence-corrected chi connectivity index (χ0v) is 10.5. The van der Waals surface area contributed by atoms with E-state index < -0.39 is 0 Å². The molecule has 0 aromatic carbocycles. The van der Waals surface area contributed by atoms with Gasteiger partial charge in [0.25, 0.3) is 0 Å². The summed E-state index contributed by atoms with van der Waals surface area (Å²) in [4.78, 5) is 8.62. The summed E-state index contributed by atoms with van der Waals surface area (Å²) in [6.45, 7) is 6.97. The monoisotopic (exact) mass is 237 g/mol. The van der Waals surface area contributed by atoms with Crippen molar-refractivity contribution < 1.29 is 4.42 Å². The fraction of sp³-hybridized carbons (Fsp3) is 0.455. The first kappa shape index (κ1) is 11.3. The van der Waals surface area contributed by atoms with Gasteiger partial charge in [-0.25, -0.2) is 9.97 Å². The number of hydrogen-bond acceptors (Lipinski definition) is 5. The number of aromatic nitrogens is 2. The van der Waals surface area contributed by atoms with E-state index in [1.54, 1.807) is 17.5 Å². The van der Waals surface area contributed by atoms with Gasteiger partial charge in [0, 0.05) is 5.38 Å². The van der Waals surface area contributed by atoms with Crippen molar-refractivity contribution in [2.45, 2.75) is 26.8 Å². The fourth-order valence-corrected chi connectivity index (χ4v) is 2.08. The molecule has 2 aromatic heterocycles. The molecule has 2 rings (SSSR count). The smallest absolute Gasteiger partial charge is 0.211 e. The Morgan fingerprint density at radius 1 is 1.56 bits per heavy atom. The zero-order chi connectivity index (χ0) is 11.5. The Kier molecular flexibility index (Phi) is 3.36. The second kappa shape index (κ2) is 4.76. The molecule has 0 saturated carbocycles. The molecule has 1 atom stereocenters. The van der Waals surface area contributed by atoms with Crippen LogP contribution in [-0.2, 0) is 0 Å². The third-order valence-electron chi connectivity index (χ3n) is 2.28. The predicted octanol–water partition coefficient (Wildman–Crippen LogP) is 2.78. The third kappa shape index (κ3) is 2.31. The molecule has 2 heterocycles.